The first kappa shape index (κ1) is 32.8. The molecule has 0 aromatic carbocycles. The van der Waals surface area contributed by atoms with Crippen LogP contribution in [0.4, 0.5) is 0 Å². The fourth-order valence-corrected chi connectivity index (χ4v) is 3.07. The highest BCUT2D eigenvalue weighted by Crippen LogP contribution is 2.19. The third-order valence-corrected chi connectivity index (χ3v) is 5.90. The van der Waals surface area contributed by atoms with Crippen molar-refractivity contribution in [3.63, 3.8) is 0 Å². The zero-order valence-electron chi connectivity index (χ0n) is 23.6. The number of aliphatic imine (C=N–C) groups is 1. The molecule has 1 fully saturated rings. The van der Waals surface area contributed by atoms with Crippen molar-refractivity contribution in [2.75, 3.05) is 27.3 Å². The van der Waals surface area contributed by atoms with Gasteiger partial charge >= 0.3 is 0 Å². The molecule has 2 unspecified atom stereocenters. The summed E-state index contributed by atoms with van der Waals surface area (Å²) in [4.78, 5) is 19.3. The third-order valence-electron chi connectivity index (χ3n) is 5.90. The van der Waals surface area contributed by atoms with Gasteiger partial charge in [0, 0.05) is 33.2 Å². The van der Waals surface area contributed by atoms with E-state index in [1.807, 2.05) is 45.6 Å². The van der Waals surface area contributed by atoms with E-state index < -0.39 is 0 Å². The number of allylic oxidation sites excluding steroid dienone is 4. The molecule has 2 heterocycles. The number of nitriles is 2. The lowest BCUT2D eigenvalue weighted by molar-refractivity contribution is -0.118. The molecule has 0 spiro atoms. The molecule has 0 N–H and O–H groups in total. The lowest BCUT2D eigenvalue weighted by atomic mass is 9.98. The van der Waals surface area contributed by atoms with Gasteiger partial charge in [0.05, 0.1) is 18.0 Å². The van der Waals surface area contributed by atoms with Crippen molar-refractivity contribution in [1.82, 2.24) is 14.7 Å². The Balaban J connectivity index is 0.000000917. The van der Waals surface area contributed by atoms with Gasteiger partial charge in [-0.3, -0.25) is 4.79 Å². The number of ether oxygens (including phenoxy) is 1. The Morgan fingerprint density at radius 3 is 2.31 bits per heavy atom. The number of carbonyl (C=O) groups is 1. The van der Waals surface area contributed by atoms with Crippen LogP contribution in [0.1, 0.15) is 79.7 Å². The molecular weight excluding hydrogens is 452 g/mol. The summed E-state index contributed by atoms with van der Waals surface area (Å²) in [5.74, 6) is 1.26. The predicted octanol–water partition coefficient (Wildman–Crippen LogP) is 5.73. The molecule has 0 bridgehead atoms. The van der Waals surface area contributed by atoms with E-state index in [0.717, 1.165) is 49.4 Å². The van der Waals surface area contributed by atoms with Gasteiger partial charge in [0.2, 0.25) is 0 Å². The topological polar surface area (TPSA) is 107 Å². The molecule has 0 saturated carbocycles. The van der Waals surface area contributed by atoms with Crippen molar-refractivity contribution in [2.24, 2.45) is 16.8 Å². The number of nitrogens with zero attached hydrogens (tertiary/aromatic N) is 6. The largest absolute Gasteiger partial charge is 0.388 e. The molecule has 198 valence electrons. The van der Waals surface area contributed by atoms with Crippen LogP contribution in [0.3, 0.4) is 0 Å². The number of hydrogen-bond donors (Lipinski definition) is 0. The van der Waals surface area contributed by atoms with Crippen LogP contribution in [0.15, 0.2) is 40.3 Å². The van der Waals surface area contributed by atoms with E-state index in [1.165, 1.54) is 12.6 Å². The normalized spacial score (nSPS) is 17.0. The lowest BCUT2D eigenvalue weighted by Gasteiger charge is -2.12. The summed E-state index contributed by atoms with van der Waals surface area (Å²) in [7, 11) is 3.25. The van der Waals surface area contributed by atoms with Crippen LogP contribution in [-0.2, 0) is 9.53 Å². The molecule has 1 saturated heterocycles. The smallest absolute Gasteiger partial charge is 0.183 e. The number of rotatable bonds is 7. The highest BCUT2D eigenvalue weighted by Gasteiger charge is 2.19. The lowest BCUT2D eigenvalue weighted by Crippen LogP contribution is -2.17. The van der Waals surface area contributed by atoms with Gasteiger partial charge in [-0.05, 0) is 57.1 Å². The molecule has 1 aromatic rings. The summed E-state index contributed by atoms with van der Waals surface area (Å²) in [5.41, 5.74) is 3.04. The van der Waals surface area contributed by atoms with Crippen LogP contribution in [0.2, 0.25) is 0 Å². The average Bonchev–Trinajstić information content (AvgIpc) is 3.54. The minimum absolute atomic E-state index is 0.0505. The second kappa shape index (κ2) is 18.1. The van der Waals surface area contributed by atoms with E-state index in [-0.39, 0.29) is 11.7 Å². The van der Waals surface area contributed by atoms with E-state index in [4.69, 9.17) is 10.5 Å². The van der Waals surface area contributed by atoms with Gasteiger partial charge in [0.1, 0.15) is 11.8 Å². The number of Topliss-reactive ketones (excluding diaryl/α,β-unsaturated/α-hetero) is 1. The van der Waals surface area contributed by atoms with Gasteiger partial charge in [0.25, 0.3) is 0 Å². The van der Waals surface area contributed by atoms with Crippen molar-refractivity contribution in [3.8, 4) is 12.3 Å². The third kappa shape index (κ3) is 11.5. The van der Waals surface area contributed by atoms with Crippen LogP contribution < -0.4 is 0 Å². The Hall–Kier alpha value is -3.23. The Morgan fingerprint density at radius 1 is 1.28 bits per heavy atom. The Kier molecular flexibility index (Phi) is 16.5. The average molecular weight is 497 g/mol. The second-order valence-corrected chi connectivity index (χ2v) is 9.10. The summed E-state index contributed by atoms with van der Waals surface area (Å²) in [6.45, 7) is 16.1. The van der Waals surface area contributed by atoms with E-state index in [9.17, 15) is 4.79 Å². The summed E-state index contributed by atoms with van der Waals surface area (Å²) in [5, 5.41) is 21.6. The number of ketones is 1. The Labute approximate surface area is 218 Å². The molecule has 2 rings (SSSR count). The van der Waals surface area contributed by atoms with Crippen molar-refractivity contribution in [3.05, 3.63) is 40.9 Å². The molecule has 36 heavy (non-hydrogen) atoms. The maximum atomic E-state index is 12.8. The first-order valence-electron chi connectivity index (χ1n) is 12.6. The maximum Gasteiger partial charge on any atom is 0.183 e. The zero-order chi connectivity index (χ0) is 27.7. The minimum Gasteiger partial charge on any atom is -0.388 e. The summed E-state index contributed by atoms with van der Waals surface area (Å²) >= 11 is 0. The molecule has 8 nitrogen and oxygen atoms in total. The fraction of sp³-hybridized carbons (Fsp3) is 0.607. The van der Waals surface area contributed by atoms with E-state index >= 15 is 0 Å². The standard InChI is InChI=1S/C20H28N4O.C6H10N2.C2H6O/c1-7-14(4)10-18(24-13-17(11-21)12-22-24)23-19(15(5)8-2)20(25)16(6)9-3;1-6-2-3-8(4-6)5-7;1-3-2/h10,12-13,16H,7-9H2,1-6H3;6H,2-4H2,1H3;1-2H3/b14-10?,19-15+,23-18?;;. The fourth-order valence-electron chi connectivity index (χ4n) is 3.07. The predicted molar refractivity (Wildman–Crippen MR) is 145 cm³/mol. The van der Waals surface area contributed by atoms with Crippen molar-refractivity contribution in [2.45, 2.75) is 74.1 Å². The number of hydrogen-bond acceptors (Lipinski definition) is 7. The van der Waals surface area contributed by atoms with Crippen molar-refractivity contribution < 1.29 is 9.53 Å². The number of methoxy groups -OCH3 is 1. The van der Waals surface area contributed by atoms with Gasteiger partial charge < -0.3 is 9.64 Å². The van der Waals surface area contributed by atoms with Gasteiger partial charge in [-0.15, -0.1) is 0 Å². The highest BCUT2D eigenvalue weighted by atomic mass is 16.4. The molecule has 0 radical (unpaired) electrons. The van der Waals surface area contributed by atoms with E-state index in [2.05, 4.69) is 40.9 Å². The first-order valence-corrected chi connectivity index (χ1v) is 12.6. The SMILES string of the molecule is CC1CCN(C#N)C1.CCC(C)=CC(=N/C(C(=O)C(C)CC)=C(\C)CC)n1cc(C#N)cn1.COC. The molecular formula is C28H44N6O2. The molecule has 1 aliphatic heterocycles. The Morgan fingerprint density at radius 2 is 1.92 bits per heavy atom. The van der Waals surface area contributed by atoms with Crippen molar-refractivity contribution >= 4 is 11.6 Å². The van der Waals surface area contributed by atoms with E-state index in [1.54, 1.807) is 25.1 Å². The summed E-state index contributed by atoms with van der Waals surface area (Å²) < 4.78 is 5.81. The monoisotopic (exact) mass is 496 g/mol. The number of carbonyl (C=O) groups excluding carboxylic acids is 1. The van der Waals surface area contributed by atoms with E-state index in [0.29, 0.717) is 17.1 Å². The molecule has 1 aromatic heterocycles. The van der Waals surface area contributed by atoms with Gasteiger partial charge in [0.15, 0.2) is 17.8 Å². The molecule has 8 heteroatoms. The molecule has 2 atom stereocenters. The molecule has 0 amide bonds. The van der Waals surface area contributed by atoms with Crippen LogP contribution >= 0.6 is 0 Å². The second-order valence-electron chi connectivity index (χ2n) is 9.10. The van der Waals surface area contributed by atoms with Gasteiger partial charge in [-0.1, -0.05) is 40.2 Å². The minimum atomic E-state index is -0.0787. The molecule has 0 aliphatic carbocycles. The first-order chi connectivity index (χ1) is 17.1. The van der Waals surface area contributed by atoms with Crippen LogP contribution in [0.5, 0.6) is 0 Å². The number of likely N-dealkylation sites (tertiary alicyclic amines) is 1. The highest BCUT2D eigenvalue weighted by molar-refractivity contribution is 6.03. The number of aromatic nitrogens is 2. The van der Waals surface area contributed by atoms with Gasteiger partial charge in [-0.25, -0.2) is 9.67 Å². The maximum absolute atomic E-state index is 12.8. The van der Waals surface area contributed by atoms with Crippen LogP contribution in [0, 0.1) is 34.6 Å². The van der Waals surface area contributed by atoms with Gasteiger partial charge in [-0.2, -0.15) is 15.6 Å². The quantitative estimate of drug-likeness (QED) is 0.206. The Bertz CT molecular complexity index is 990. The molecule has 1 aliphatic rings. The van der Waals surface area contributed by atoms with Crippen molar-refractivity contribution in [1.29, 1.82) is 10.5 Å². The summed E-state index contributed by atoms with van der Waals surface area (Å²) in [6, 6.07) is 2.07. The zero-order valence-corrected chi connectivity index (χ0v) is 23.6. The summed E-state index contributed by atoms with van der Waals surface area (Å²) in [6.07, 6.45) is 10.8. The van der Waals surface area contributed by atoms with Crippen LogP contribution in [-0.4, -0.2) is 53.6 Å². The van der Waals surface area contributed by atoms with Crippen LogP contribution in [0.25, 0.3) is 0 Å².